The number of aliphatic hydroxyl groups is 1. The van der Waals surface area contributed by atoms with Crippen molar-refractivity contribution < 1.29 is 14.4 Å². The lowest BCUT2D eigenvalue weighted by Gasteiger charge is -2.36. The first-order valence-corrected chi connectivity index (χ1v) is 10.1. The number of non-ortho nitro benzene ring substituents is 1. The van der Waals surface area contributed by atoms with E-state index in [2.05, 4.69) is 9.80 Å². The van der Waals surface area contributed by atoms with E-state index in [0.717, 1.165) is 49.4 Å². The van der Waals surface area contributed by atoms with Crippen molar-refractivity contribution in [3.63, 3.8) is 0 Å². The highest BCUT2D eigenvalue weighted by atomic mass is 19.1. The Balaban J connectivity index is 1.33. The zero-order chi connectivity index (χ0) is 21.1. The third kappa shape index (κ3) is 4.27. The lowest BCUT2D eigenvalue weighted by molar-refractivity contribution is -0.384. The van der Waals surface area contributed by atoms with Crippen molar-refractivity contribution in [3.05, 3.63) is 82.2 Å². The minimum atomic E-state index is -0.650. The van der Waals surface area contributed by atoms with Crippen molar-refractivity contribution in [2.75, 3.05) is 37.6 Å². The van der Waals surface area contributed by atoms with Crippen molar-refractivity contribution in [2.24, 2.45) is 0 Å². The second kappa shape index (κ2) is 8.77. The SMILES string of the molecule is O=[N+]([O-])c1ccc(N2CCN(CCC(O)c3ccc(F)c4ccccc34)CC2)cc1. The molecule has 4 rings (SSSR count). The highest BCUT2D eigenvalue weighted by Crippen LogP contribution is 2.28. The van der Waals surface area contributed by atoms with E-state index in [4.69, 9.17) is 0 Å². The second-order valence-electron chi connectivity index (χ2n) is 7.59. The fourth-order valence-electron chi connectivity index (χ4n) is 4.05. The topological polar surface area (TPSA) is 69.9 Å². The molecular weight excluding hydrogens is 385 g/mol. The molecule has 1 fully saturated rings. The van der Waals surface area contributed by atoms with Crippen LogP contribution in [0.15, 0.2) is 60.7 Å². The fraction of sp³-hybridized carbons (Fsp3) is 0.304. The molecule has 1 saturated heterocycles. The van der Waals surface area contributed by atoms with Crippen LogP contribution in [0.5, 0.6) is 0 Å². The van der Waals surface area contributed by atoms with Gasteiger partial charge in [-0.3, -0.25) is 15.0 Å². The van der Waals surface area contributed by atoms with Gasteiger partial charge in [0.05, 0.1) is 11.0 Å². The third-order valence-corrected chi connectivity index (χ3v) is 5.78. The lowest BCUT2D eigenvalue weighted by Crippen LogP contribution is -2.46. The Kier molecular flexibility index (Phi) is 5.92. The zero-order valence-corrected chi connectivity index (χ0v) is 16.6. The van der Waals surface area contributed by atoms with Crippen LogP contribution in [0.4, 0.5) is 15.8 Å². The molecular formula is C23H24FN3O3. The van der Waals surface area contributed by atoms with Gasteiger partial charge in [-0.15, -0.1) is 0 Å². The molecule has 0 bridgehead atoms. The molecule has 1 aliphatic rings. The molecule has 6 nitrogen and oxygen atoms in total. The summed E-state index contributed by atoms with van der Waals surface area (Å²) >= 11 is 0. The highest BCUT2D eigenvalue weighted by Gasteiger charge is 2.20. The predicted molar refractivity (Wildman–Crippen MR) is 115 cm³/mol. The monoisotopic (exact) mass is 409 g/mol. The number of piperazine rings is 1. The molecule has 1 unspecified atom stereocenters. The summed E-state index contributed by atoms with van der Waals surface area (Å²) in [4.78, 5) is 14.9. The van der Waals surface area contributed by atoms with Gasteiger partial charge in [-0.25, -0.2) is 4.39 Å². The molecule has 0 spiro atoms. The molecule has 3 aromatic rings. The van der Waals surface area contributed by atoms with Gasteiger partial charge in [0.15, 0.2) is 0 Å². The lowest BCUT2D eigenvalue weighted by atomic mass is 9.98. The van der Waals surface area contributed by atoms with Crippen molar-refractivity contribution in [1.29, 1.82) is 0 Å². The van der Waals surface area contributed by atoms with E-state index in [0.29, 0.717) is 11.8 Å². The number of fused-ring (bicyclic) bond motifs is 1. The predicted octanol–water partition coefficient (Wildman–Crippen LogP) is 4.13. The molecule has 1 atom stereocenters. The number of hydrogen-bond donors (Lipinski definition) is 1. The van der Waals surface area contributed by atoms with Crippen LogP contribution in [0.1, 0.15) is 18.1 Å². The van der Waals surface area contributed by atoms with Gasteiger partial charge < -0.3 is 10.0 Å². The maximum atomic E-state index is 14.0. The summed E-state index contributed by atoms with van der Waals surface area (Å²) in [6.45, 7) is 4.11. The van der Waals surface area contributed by atoms with Gasteiger partial charge in [0.25, 0.3) is 5.69 Å². The number of nitrogens with zero attached hydrogens (tertiary/aromatic N) is 3. The summed E-state index contributed by atoms with van der Waals surface area (Å²) < 4.78 is 14.0. The third-order valence-electron chi connectivity index (χ3n) is 5.78. The Hall–Kier alpha value is -3.03. The molecule has 1 aliphatic heterocycles. The summed E-state index contributed by atoms with van der Waals surface area (Å²) in [6.07, 6.45) is -0.0733. The molecule has 0 aliphatic carbocycles. The summed E-state index contributed by atoms with van der Waals surface area (Å²) in [5.74, 6) is -0.274. The Morgan fingerprint density at radius 2 is 1.63 bits per heavy atom. The molecule has 3 aromatic carbocycles. The Morgan fingerprint density at radius 1 is 0.967 bits per heavy atom. The minimum absolute atomic E-state index is 0.0969. The van der Waals surface area contributed by atoms with Crippen LogP contribution < -0.4 is 4.90 Å². The summed E-state index contributed by atoms with van der Waals surface area (Å²) in [5.41, 5.74) is 1.84. The average molecular weight is 409 g/mol. The first-order valence-electron chi connectivity index (χ1n) is 10.1. The van der Waals surface area contributed by atoms with Crippen molar-refractivity contribution in [2.45, 2.75) is 12.5 Å². The maximum Gasteiger partial charge on any atom is 0.269 e. The van der Waals surface area contributed by atoms with E-state index in [1.807, 2.05) is 12.1 Å². The van der Waals surface area contributed by atoms with Crippen LogP contribution in [-0.4, -0.2) is 47.7 Å². The van der Waals surface area contributed by atoms with Crippen LogP contribution >= 0.6 is 0 Å². The number of aliphatic hydroxyl groups excluding tert-OH is 1. The van der Waals surface area contributed by atoms with E-state index >= 15 is 0 Å². The summed E-state index contributed by atoms with van der Waals surface area (Å²) in [5, 5.41) is 22.8. The maximum absolute atomic E-state index is 14.0. The van der Waals surface area contributed by atoms with Gasteiger partial charge in [0.1, 0.15) is 5.82 Å². The van der Waals surface area contributed by atoms with Gasteiger partial charge in [0.2, 0.25) is 0 Å². The van der Waals surface area contributed by atoms with Gasteiger partial charge in [0, 0.05) is 55.9 Å². The molecule has 1 heterocycles. The fourth-order valence-corrected chi connectivity index (χ4v) is 4.05. The smallest absolute Gasteiger partial charge is 0.269 e. The van der Waals surface area contributed by atoms with Gasteiger partial charge in [-0.05, 0) is 35.6 Å². The van der Waals surface area contributed by atoms with Crippen LogP contribution in [0.2, 0.25) is 0 Å². The van der Waals surface area contributed by atoms with Gasteiger partial charge in [-0.2, -0.15) is 0 Å². The van der Waals surface area contributed by atoms with E-state index in [1.165, 1.54) is 18.2 Å². The van der Waals surface area contributed by atoms with Crippen molar-refractivity contribution >= 4 is 22.1 Å². The average Bonchev–Trinajstić information content (AvgIpc) is 2.78. The molecule has 0 saturated carbocycles. The van der Waals surface area contributed by atoms with Crippen molar-refractivity contribution in [1.82, 2.24) is 4.90 Å². The van der Waals surface area contributed by atoms with Gasteiger partial charge in [-0.1, -0.05) is 30.3 Å². The van der Waals surface area contributed by atoms with E-state index < -0.39 is 11.0 Å². The van der Waals surface area contributed by atoms with E-state index in [1.54, 1.807) is 30.3 Å². The highest BCUT2D eigenvalue weighted by molar-refractivity contribution is 5.86. The second-order valence-corrected chi connectivity index (χ2v) is 7.59. The number of nitro benzene ring substituents is 1. The number of anilines is 1. The minimum Gasteiger partial charge on any atom is -0.388 e. The quantitative estimate of drug-likeness (QED) is 0.490. The number of halogens is 1. The largest absolute Gasteiger partial charge is 0.388 e. The van der Waals surface area contributed by atoms with Crippen LogP contribution in [-0.2, 0) is 0 Å². The molecule has 0 aromatic heterocycles. The molecule has 30 heavy (non-hydrogen) atoms. The Morgan fingerprint density at radius 3 is 2.30 bits per heavy atom. The van der Waals surface area contributed by atoms with Crippen LogP contribution in [0.25, 0.3) is 10.8 Å². The van der Waals surface area contributed by atoms with Crippen LogP contribution in [0.3, 0.4) is 0 Å². The molecule has 1 N–H and O–H groups in total. The number of benzene rings is 3. The summed E-state index contributed by atoms with van der Waals surface area (Å²) in [7, 11) is 0. The van der Waals surface area contributed by atoms with Crippen molar-refractivity contribution in [3.8, 4) is 0 Å². The number of hydrogen-bond acceptors (Lipinski definition) is 5. The Bertz CT molecular complexity index is 1030. The molecule has 0 amide bonds. The normalized spacial score (nSPS) is 16.0. The summed E-state index contributed by atoms with van der Waals surface area (Å²) in [6, 6.07) is 17.0. The van der Waals surface area contributed by atoms with E-state index in [-0.39, 0.29) is 11.5 Å². The Labute approximate surface area is 174 Å². The number of rotatable bonds is 6. The zero-order valence-electron chi connectivity index (χ0n) is 16.6. The first kappa shape index (κ1) is 20.3. The molecule has 156 valence electrons. The van der Waals surface area contributed by atoms with E-state index in [9.17, 15) is 19.6 Å². The number of nitro groups is 1. The molecule has 7 heteroatoms. The van der Waals surface area contributed by atoms with Gasteiger partial charge >= 0.3 is 0 Å². The molecule has 0 radical (unpaired) electrons. The first-order chi connectivity index (χ1) is 14.5. The van der Waals surface area contributed by atoms with Crippen LogP contribution in [0, 0.1) is 15.9 Å². The standard InChI is InChI=1S/C23H24FN3O3/c24-22-10-9-21(19-3-1-2-4-20(19)22)23(28)11-12-25-13-15-26(16-14-25)17-5-7-18(8-6-17)27(29)30/h1-10,23,28H,11-16H2.